The van der Waals surface area contributed by atoms with Gasteiger partial charge in [0, 0.05) is 37.3 Å². The standard InChI is InChI=1S/C25H30N4O3/c1-4-5-6-21-16-23(19(3)15-18(21)2)24(30)27-28-25(31)26-22-9-7-20(8-10-22)17-29-11-13-32-14-12-29/h7-10,15-16H,6,11-14,17H2,1-3H3,(H,27,30)(H2,26,28,31). The lowest BCUT2D eigenvalue weighted by Crippen LogP contribution is -2.44. The van der Waals surface area contributed by atoms with E-state index < -0.39 is 6.03 Å². The van der Waals surface area contributed by atoms with Crippen LogP contribution in [-0.4, -0.2) is 43.1 Å². The number of carbonyl (C=O) groups excluding carboxylic acids is 2. The van der Waals surface area contributed by atoms with E-state index in [1.165, 1.54) is 5.56 Å². The zero-order valence-corrected chi connectivity index (χ0v) is 18.9. The number of nitrogens with zero attached hydrogens (tertiary/aromatic N) is 1. The average Bonchev–Trinajstić information content (AvgIpc) is 2.79. The number of carbonyl (C=O) groups is 2. The molecule has 3 rings (SSSR count). The quantitative estimate of drug-likeness (QED) is 0.499. The summed E-state index contributed by atoms with van der Waals surface area (Å²) in [5, 5.41) is 2.73. The molecule has 7 heteroatoms. The summed E-state index contributed by atoms with van der Waals surface area (Å²) in [5.41, 5.74) is 10.1. The largest absolute Gasteiger partial charge is 0.379 e. The number of hydrogen-bond acceptors (Lipinski definition) is 4. The van der Waals surface area contributed by atoms with E-state index in [4.69, 9.17) is 4.74 Å². The number of urea groups is 1. The van der Waals surface area contributed by atoms with Crippen molar-refractivity contribution in [2.24, 2.45) is 0 Å². The molecule has 1 aliphatic rings. The molecule has 2 aromatic rings. The Labute approximate surface area is 189 Å². The molecule has 0 radical (unpaired) electrons. The molecular formula is C25H30N4O3. The third-order valence-corrected chi connectivity index (χ3v) is 5.39. The fourth-order valence-corrected chi connectivity index (χ4v) is 3.57. The summed E-state index contributed by atoms with van der Waals surface area (Å²) in [6.07, 6.45) is 0.582. The summed E-state index contributed by atoms with van der Waals surface area (Å²) in [4.78, 5) is 27.1. The first-order chi connectivity index (χ1) is 15.5. The van der Waals surface area contributed by atoms with Gasteiger partial charge in [-0.2, -0.15) is 0 Å². The van der Waals surface area contributed by atoms with Gasteiger partial charge in [-0.3, -0.25) is 15.1 Å². The van der Waals surface area contributed by atoms with Crippen molar-refractivity contribution in [1.82, 2.24) is 15.8 Å². The van der Waals surface area contributed by atoms with Crippen LogP contribution in [0.5, 0.6) is 0 Å². The number of benzene rings is 2. The van der Waals surface area contributed by atoms with E-state index in [1.54, 1.807) is 6.92 Å². The maximum atomic E-state index is 12.6. The highest BCUT2D eigenvalue weighted by molar-refractivity contribution is 5.98. The van der Waals surface area contributed by atoms with Crippen LogP contribution in [0.3, 0.4) is 0 Å². The highest BCUT2D eigenvalue weighted by Gasteiger charge is 2.13. The Morgan fingerprint density at radius 1 is 1.03 bits per heavy atom. The maximum absolute atomic E-state index is 12.6. The number of ether oxygens (including phenoxy) is 1. The Kier molecular flexibility index (Phi) is 8.26. The molecule has 0 atom stereocenters. The van der Waals surface area contributed by atoms with E-state index >= 15 is 0 Å². The highest BCUT2D eigenvalue weighted by Crippen LogP contribution is 2.17. The van der Waals surface area contributed by atoms with Crippen LogP contribution in [0.1, 0.15) is 39.5 Å². The van der Waals surface area contributed by atoms with Crippen LogP contribution in [0.25, 0.3) is 0 Å². The van der Waals surface area contributed by atoms with Crippen LogP contribution in [0.15, 0.2) is 36.4 Å². The van der Waals surface area contributed by atoms with E-state index in [1.807, 2.05) is 50.2 Å². The van der Waals surface area contributed by atoms with Crippen LogP contribution >= 0.6 is 0 Å². The van der Waals surface area contributed by atoms with Gasteiger partial charge < -0.3 is 10.1 Å². The van der Waals surface area contributed by atoms with Crippen LogP contribution < -0.4 is 16.2 Å². The van der Waals surface area contributed by atoms with Gasteiger partial charge in [0.2, 0.25) is 0 Å². The van der Waals surface area contributed by atoms with E-state index in [-0.39, 0.29) is 5.91 Å². The molecule has 3 N–H and O–H groups in total. The normalized spacial score (nSPS) is 13.6. The van der Waals surface area contributed by atoms with Crippen LogP contribution in [0, 0.1) is 25.7 Å². The Morgan fingerprint density at radius 3 is 2.44 bits per heavy atom. The third-order valence-electron chi connectivity index (χ3n) is 5.39. The molecule has 0 saturated carbocycles. The van der Waals surface area contributed by atoms with E-state index in [9.17, 15) is 9.59 Å². The lowest BCUT2D eigenvalue weighted by atomic mass is 9.98. The summed E-state index contributed by atoms with van der Waals surface area (Å²) in [7, 11) is 0. The van der Waals surface area contributed by atoms with Crippen molar-refractivity contribution in [2.45, 2.75) is 33.7 Å². The van der Waals surface area contributed by atoms with E-state index in [0.717, 1.165) is 49.5 Å². The average molecular weight is 435 g/mol. The summed E-state index contributed by atoms with van der Waals surface area (Å²) in [5.74, 6) is 5.52. The van der Waals surface area contributed by atoms with Crippen molar-refractivity contribution in [1.29, 1.82) is 0 Å². The molecule has 32 heavy (non-hydrogen) atoms. The van der Waals surface area contributed by atoms with Gasteiger partial charge in [-0.25, -0.2) is 10.2 Å². The monoisotopic (exact) mass is 434 g/mol. The predicted molar refractivity (Wildman–Crippen MR) is 125 cm³/mol. The van der Waals surface area contributed by atoms with Gasteiger partial charge in [0.15, 0.2) is 0 Å². The molecule has 1 aliphatic heterocycles. The van der Waals surface area contributed by atoms with Gasteiger partial charge in [-0.05, 0) is 61.2 Å². The number of anilines is 1. The molecular weight excluding hydrogens is 404 g/mol. The number of nitrogens with one attached hydrogen (secondary N) is 3. The first-order valence-electron chi connectivity index (χ1n) is 10.7. The number of morpholine rings is 1. The van der Waals surface area contributed by atoms with Crippen molar-refractivity contribution < 1.29 is 14.3 Å². The lowest BCUT2D eigenvalue weighted by Gasteiger charge is -2.26. The predicted octanol–water partition coefficient (Wildman–Crippen LogP) is 3.17. The van der Waals surface area contributed by atoms with Gasteiger partial charge in [-0.15, -0.1) is 5.92 Å². The van der Waals surface area contributed by atoms with Crippen LogP contribution in [0.2, 0.25) is 0 Å². The molecule has 0 aliphatic carbocycles. The Balaban J connectivity index is 1.52. The minimum atomic E-state index is -0.513. The molecule has 0 spiro atoms. The second kappa shape index (κ2) is 11.3. The maximum Gasteiger partial charge on any atom is 0.337 e. The number of amides is 3. The summed E-state index contributed by atoms with van der Waals surface area (Å²) in [6.45, 7) is 9.90. The molecule has 3 amide bonds. The zero-order chi connectivity index (χ0) is 22.9. The van der Waals surface area contributed by atoms with Gasteiger partial charge in [0.05, 0.1) is 13.2 Å². The van der Waals surface area contributed by atoms with Crippen LogP contribution in [0.4, 0.5) is 10.5 Å². The lowest BCUT2D eigenvalue weighted by molar-refractivity contribution is 0.0342. The second-order valence-electron chi connectivity index (χ2n) is 7.82. The first kappa shape index (κ1) is 23.3. The van der Waals surface area contributed by atoms with Crippen molar-refractivity contribution >= 4 is 17.6 Å². The van der Waals surface area contributed by atoms with Crippen molar-refractivity contribution in [3.8, 4) is 11.8 Å². The first-order valence-corrected chi connectivity index (χ1v) is 10.7. The number of rotatable bonds is 5. The number of hydrogen-bond donors (Lipinski definition) is 3. The minimum absolute atomic E-state index is 0.371. The SMILES string of the molecule is CC#CCc1cc(C(=O)NNC(=O)Nc2ccc(CN3CCOCC3)cc2)c(C)cc1C. The van der Waals surface area contributed by atoms with Crippen LogP contribution in [-0.2, 0) is 17.7 Å². The van der Waals surface area contributed by atoms with Crippen molar-refractivity contribution in [2.75, 3.05) is 31.6 Å². The van der Waals surface area contributed by atoms with Crippen molar-refractivity contribution in [3.05, 3.63) is 64.2 Å². The molecule has 0 aromatic heterocycles. The summed E-state index contributed by atoms with van der Waals surface area (Å²) < 4.78 is 5.37. The zero-order valence-electron chi connectivity index (χ0n) is 18.9. The fourth-order valence-electron chi connectivity index (χ4n) is 3.57. The van der Waals surface area contributed by atoms with E-state index in [0.29, 0.717) is 17.7 Å². The van der Waals surface area contributed by atoms with Gasteiger partial charge in [0.1, 0.15) is 0 Å². The van der Waals surface area contributed by atoms with Gasteiger partial charge in [0.25, 0.3) is 5.91 Å². The molecule has 1 saturated heterocycles. The molecule has 7 nitrogen and oxygen atoms in total. The second-order valence-corrected chi connectivity index (χ2v) is 7.82. The van der Waals surface area contributed by atoms with Crippen molar-refractivity contribution in [3.63, 3.8) is 0 Å². The molecule has 1 heterocycles. The van der Waals surface area contributed by atoms with E-state index in [2.05, 4.69) is 32.9 Å². The number of aryl methyl sites for hydroxylation is 2. The Bertz CT molecular complexity index is 1020. The third kappa shape index (κ3) is 6.58. The highest BCUT2D eigenvalue weighted by atomic mass is 16.5. The summed E-state index contributed by atoms with van der Waals surface area (Å²) in [6, 6.07) is 10.9. The molecule has 168 valence electrons. The van der Waals surface area contributed by atoms with Gasteiger partial charge >= 0.3 is 6.03 Å². The Morgan fingerprint density at radius 2 is 1.75 bits per heavy atom. The topological polar surface area (TPSA) is 82.7 Å². The summed E-state index contributed by atoms with van der Waals surface area (Å²) >= 11 is 0. The number of hydrazine groups is 1. The fraction of sp³-hybridized carbons (Fsp3) is 0.360. The molecule has 1 fully saturated rings. The Hall–Kier alpha value is -3.34. The molecule has 0 unspecified atom stereocenters. The molecule has 0 bridgehead atoms. The minimum Gasteiger partial charge on any atom is -0.379 e. The van der Waals surface area contributed by atoms with Gasteiger partial charge in [-0.1, -0.05) is 24.1 Å². The molecule has 2 aromatic carbocycles. The smallest absolute Gasteiger partial charge is 0.337 e.